The Balaban J connectivity index is 1.64. The maximum absolute atomic E-state index is 13.2. The van der Waals surface area contributed by atoms with Crippen molar-refractivity contribution in [2.24, 2.45) is 11.3 Å². The van der Waals surface area contributed by atoms with Crippen LogP contribution in [-0.4, -0.2) is 62.7 Å². The zero-order chi connectivity index (χ0) is 18.6. The second-order valence-electron chi connectivity index (χ2n) is 7.80. The molecule has 3 aliphatic rings. The van der Waals surface area contributed by atoms with Crippen LogP contribution in [0.4, 0.5) is 0 Å². The molecule has 0 aromatic carbocycles. The Morgan fingerprint density at radius 3 is 2.27 bits per heavy atom. The number of likely N-dealkylation sites (tertiary alicyclic amines) is 2. The van der Waals surface area contributed by atoms with Crippen molar-refractivity contribution in [3.63, 3.8) is 0 Å². The SMILES string of the molecule is CCC1C(OC)=CC2(C=C1OC)CCN(CCCN1CCCCC1)C2=O. The van der Waals surface area contributed by atoms with Gasteiger partial charge in [0.05, 0.1) is 25.6 Å². The molecule has 0 aromatic heterocycles. The number of amides is 1. The molecule has 2 saturated heterocycles. The molecule has 0 saturated carbocycles. The van der Waals surface area contributed by atoms with Gasteiger partial charge in [0.25, 0.3) is 0 Å². The number of methoxy groups -OCH3 is 2. The Morgan fingerprint density at radius 1 is 1.04 bits per heavy atom. The van der Waals surface area contributed by atoms with Gasteiger partial charge in [-0.2, -0.15) is 0 Å². The van der Waals surface area contributed by atoms with Crippen molar-refractivity contribution in [2.45, 2.75) is 45.4 Å². The van der Waals surface area contributed by atoms with Gasteiger partial charge in [-0.15, -0.1) is 0 Å². The lowest BCUT2D eigenvalue weighted by atomic mass is 9.77. The molecular weight excluding hydrogens is 328 g/mol. The first-order chi connectivity index (χ1) is 12.6. The number of hydrogen-bond donors (Lipinski definition) is 0. The van der Waals surface area contributed by atoms with Crippen LogP contribution in [0.5, 0.6) is 0 Å². The van der Waals surface area contributed by atoms with Gasteiger partial charge >= 0.3 is 0 Å². The highest BCUT2D eigenvalue weighted by atomic mass is 16.5. The lowest BCUT2D eigenvalue weighted by Crippen LogP contribution is -2.37. The number of carbonyl (C=O) groups is 1. The van der Waals surface area contributed by atoms with Crippen LogP contribution in [0.15, 0.2) is 23.7 Å². The van der Waals surface area contributed by atoms with E-state index >= 15 is 0 Å². The highest BCUT2D eigenvalue weighted by molar-refractivity contribution is 5.89. The van der Waals surface area contributed by atoms with Crippen LogP contribution in [0.25, 0.3) is 0 Å². The van der Waals surface area contributed by atoms with Gasteiger partial charge in [-0.05, 0) is 63.9 Å². The molecule has 0 atom stereocenters. The van der Waals surface area contributed by atoms with Crippen molar-refractivity contribution in [3.8, 4) is 0 Å². The Hall–Kier alpha value is -1.49. The van der Waals surface area contributed by atoms with Crippen molar-refractivity contribution < 1.29 is 14.3 Å². The largest absolute Gasteiger partial charge is 0.501 e. The number of carbonyl (C=O) groups excluding carboxylic acids is 1. The topological polar surface area (TPSA) is 42.0 Å². The maximum atomic E-state index is 13.2. The van der Waals surface area contributed by atoms with E-state index in [1.54, 1.807) is 14.2 Å². The quantitative estimate of drug-likeness (QED) is 0.698. The summed E-state index contributed by atoms with van der Waals surface area (Å²) in [4.78, 5) is 17.8. The minimum absolute atomic E-state index is 0.122. The first-order valence-electron chi connectivity index (χ1n) is 10.2. The third kappa shape index (κ3) is 3.78. The molecular formula is C21H34N2O3. The molecule has 0 unspecified atom stereocenters. The maximum Gasteiger partial charge on any atom is 0.236 e. The van der Waals surface area contributed by atoms with Crippen molar-refractivity contribution in [2.75, 3.05) is 46.9 Å². The molecule has 0 bridgehead atoms. The predicted octanol–water partition coefficient (Wildman–Crippen LogP) is 3.18. The van der Waals surface area contributed by atoms with Gasteiger partial charge in [-0.25, -0.2) is 0 Å². The summed E-state index contributed by atoms with van der Waals surface area (Å²) >= 11 is 0. The van der Waals surface area contributed by atoms with Crippen LogP contribution < -0.4 is 0 Å². The summed E-state index contributed by atoms with van der Waals surface area (Å²) < 4.78 is 11.2. The number of piperidine rings is 1. The summed E-state index contributed by atoms with van der Waals surface area (Å²) in [5, 5.41) is 0. The molecule has 5 nitrogen and oxygen atoms in total. The van der Waals surface area contributed by atoms with E-state index in [4.69, 9.17) is 9.47 Å². The van der Waals surface area contributed by atoms with Crippen molar-refractivity contribution >= 4 is 5.91 Å². The third-order valence-corrected chi connectivity index (χ3v) is 6.20. The molecule has 1 amide bonds. The molecule has 0 radical (unpaired) electrons. The van der Waals surface area contributed by atoms with Crippen molar-refractivity contribution in [1.82, 2.24) is 9.80 Å². The monoisotopic (exact) mass is 362 g/mol. The Morgan fingerprint density at radius 2 is 1.69 bits per heavy atom. The first-order valence-corrected chi connectivity index (χ1v) is 10.2. The fraction of sp³-hybridized carbons (Fsp3) is 0.762. The second-order valence-corrected chi connectivity index (χ2v) is 7.80. The molecule has 146 valence electrons. The van der Waals surface area contributed by atoms with Gasteiger partial charge in [0.1, 0.15) is 11.5 Å². The van der Waals surface area contributed by atoms with Crippen LogP contribution in [0, 0.1) is 11.3 Å². The van der Waals surface area contributed by atoms with Gasteiger partial charge in [0.15, 0.2) is 0 Å². The Labute approximate surface area is 158 Å². The normalized spacial score (nSPS) is 29.7. The van der Waals surface area contributed by atoms with Crippen LogP contribution in [0.3, 0.4) is 0 Å². The molecule has 2 fully saturated rings. The van der Waals surface area contributed by atoms with Gasteiger partial charge in [-0.3, -0.25) is 4.79 Å². The van der Waals surface area contributed by atoms with E-state index in [1.807, 2.05) is 4.90 Å². The van der Waals surface area contributed by atoms with E-state index in [0.717, 1.165) is 50.4 Å². The molecule has 3 rings (SSSR count). The minimum atomic E-state index is -0.576. The van der Waals surface area contributed by atoms with E-state index in [2.05, 4.69) is 24.0 Å². The number of ether oxygens (including phenoxy) is 2. The summed E-state index contributed by atoms with van der Waals surface area (Å²) in [6.45, 7) is 7.32. The summed E-state index contributed by atoms with van der Waals surface area (Å²) in [7, 11) is 3.38. The Bertz CT molecular complexity index is 542. The van der Waals surface area contributed by atoms with E-state index in [1.165, 1.54) is 32.4 Å². The van der Waals surface area contributed by atoms with E-state index in [0.29, 0.717) is 0 Å². The van der Waals surface area contributed by atoms with Gasteiger partial charge < -0.3 is 19.3 Å². The van der Waals surface area contributed by atoms with E-state index in [9.17, 15) is 4.79 Å². The molecule has 2 heterocycles. The van der Waals surface area contributed by atoms with E-state index in [-0.39, 0.29) is 11.8 Å². The zero-order valence-corrected chi connectivity index (χ0v) is 16.6. The van der Waals surface area contributed by atoms with Crippen LogP contribution >= 0.6 is 0 Å². The van der Waals surface area contributed by atoms with Crippen LogP contribution in [0.2, 0.25) is 0 Å². The summed E-state index contributed by atoms with van der Waals surface area (Å²) in [6.07, 6.45) is 10.9. The fourth-order valence-electron chi connectivity index (χ4n) is 4.67. The molecule has 1 spiro atoms. The summed E-state index contributed by atoms with van der Waals surface area (Å²) in [6, 6.07) is 0. The lowest BCUT2D eigenvalue weighted by molar-refractivity contribution is -0.132. The average molecular weight is 363 g/mol. The molecule has 1 aliphatic carbocycles. The fourth-order valence-corrected chi connectivity index (χ4v) is 4.67. The summed E-state index contributed by atoms with van der Waals surface area (Å²) in [5.41, 5.74) is -0.576. The van der Waals surface area contributed by atoms with Gasteiger partial charge in [-0.1, -0.05) is 13.3 Å². The van der Waals surface area contributed by atoms with Crippen molar-refractivity contribution in [1.29, 1.82) is 0 Å². The molecule has 5 heteroatoms. The van der Waals surface area contributed by atoms with E-state index < -0.39 is 5.41 Å². The molecule has 26 heavy (non-hydrogen) atoms. The van der Waals surface area contributed by atoms with Crippen LogP contribution in [0.1, 0.15) is 45.4 Å². The smallest absolute Gasteiger partial charge is 0.236 e. The number of hydrogen-bond acceptors (Lipinski definition) is 4. The zero-order valence-electron chi connectivity index (χ0n) is 16.6. The first kappa shape index (κ1) is 19.3. The predicted molar refractivity (Wildman–Crippen MR) is 103 cm³/mol. The Kier molecular flexibility index (Phi) is 6.28. The number of rotatable bonds is 7. The van der Waals surface area contributed by atoms with Gasteiger partial charge in [0, 0.05) is 13.1 Å². The average Bonchev–Trinajstić information content (AvgIpc) is 2.97. The molecule has 0 aromatic rings. The van der Waals surface area contributed by atoms with Crippen molar-refractivity contribution in [3.05, 3.63) is 23.7 Å². The molecule has 0 N–H and O–H groups in total. The lowest BCUT2D eigenvalue weighted by Gasteiger charge is -2.32. The highest BCUT2D eigenvalue weighted by Gasteiger charge is 2.47. The molecule has 2 aliphatic heterocycles. The third-order valence-electron chi connectivity index (χ3n) is 6.20. The minimum Gasteiger partial charge on any atom is -0.501 e. The standard InChI is InChI=1S/C21H34N2O3/c1-4-17-18(25-2)15-21(16-19(17)26-3)9-14-23(20(21)24)13-8-12-22-10-6-5-7-11-22/h15-17H,4-14H2,1-3H3. The second kappa shape index (κ2) is 8.47. The van der Waals surface area contributed by atoms with Gasteiger partial charge in [0.2, 0.25) is 5.91 Å². The summed E-state index contributed by atoms with van der Waals surface area (Å²) in [5.74, 6) is 2.07. The number of nitrogens with zero attached hydrogens (tertiary/aromatic N) is 2. The van der Waals surface area contributed by atoms with Crippen LogP contribution in [-0.2, 0) is 14.3 Å². The highest BCUT2D eigenvalue weighted by Crippen LogP contribution is 2.44.